The molecule has 50 heavy (non-hydrogen) atoms. The van der Waals surface area contributed by atoms with E-state index in [1.165, 1.54) is 37.6 Å². The fourth-order valence-corrected chi connectivity index (χ4v) is 6.84. The normalized spacial score (nSPS) is 16.4. The summed E-state index contributed by atoms with van der Waals surface area (Å²) >= 11 is 5.86. The number of H-pyrrole nitrogens is 2. The summed E-state index contributed by atoms with van der Waals surface area (Å²) in [5, 5.41) is 11.8. The highest BCUT2D eigenvalue weighted by atomic mass is 35.5. The van der Waals surface area contributed by atoms with Gasteiger partial charge in [-0.1, -0.05) is 30.9 Å². The third-order valence-electron chi connectivity index (χ3n) is 9.09. The standard InChI is InChI=1S/C21H22ClFN6O2.C14H18N4O/c22-12-6-13(23)8-15(7-12)26-10-18(30)29-5-1-2-14(11-29)28-19-16-3-4-25-21(16)27-9-17(19)20(24)31;15-13(19)11-8-17-14-10(6-7-16-14)12(11)18-9-4-2-1-3-5-9/h3-4,6-9,14,26H,1-2,5,10-11H2,(H2,24,31)(H2,25,27,28);6-9H,1-5H2,(H2,15,19)(H2,16,17,18). The molecule has 1 aromatic carbocycles. The second-order valence-electron chi connectivity index (χ2n) is 12.6. The Morgan fingerprint density at radius 2 is 1.42 bits per heavy atom. The highest BCUT2D eigenvalue weighted by Gasteiger charge is 2.26. The minimum Gasteiger partial charge on any atom is -0.381 e. The highest BCUT2D eigenvalue weighted by Crippen LogP contribution is 2.30. The predicted molar refractivity (Wildman–Crippen MR) is 193 cm³/mol. The molecule has 15 heteroatoms. The van der Waals surface area contributed by atoms with Crippen LogP contribution in [-0.4, -0.2) is 74.3 Å². The monoisotopic (exact) mass is 702 g/mol. The van der Waals surface area contributed by atoms with E-state index in [0.717, 1.165) is 47.8 Å². The maximum atomic E-state index is 13.5. The number of pyridine rings is 2. The summed E-state index contributed by atoms with van der Waals surface area (Å²) in [5.41, 5.74) is 15.1. The Hall–Kier alpha value is -5.37. The molecule has 2 aliphatic rings. The highest BCUT2D eigenvalue weighted by molar-refractivity contribution is 6.30. The first-order valence-electron chi connectivity index (χ1n) is 16.7. The first-order chi connectivity index (χ1) is 24.2. The fraction of sp³-hybridized carbons (Fsp3) is 0.343. The van der Waals surface area contributed by atoms with Gasteiger partial charge in [-0.25, -0.2) is 14.4 Å². The molecule has 13 nitrogen and oxygen atoms in total. The number of hydrogen-bond acceptors (Lipinski definition) is 8. The maximum Gasteiger partial charge on any atom is 0.252 e. The summed E-state index contributed by atoms with van der Waals surface area (Å²) in [7, 11) is 0. The first-order valence-corrected chi connectivity index (χ1v) is 17.1. The zero-order chi connectivity index (χ0) is 35.2. The van der Waals surface area contributed by atoms with Gasteiger partial charge in [0.25, 0.3) is 11.8 Å². The molecule has 5 aromatic rings. The number of rotatable bonds is 9. The van der Waals surface area contributed by atoms with Gasteiger partial charge < -0.3 is 42.3 Å². The van der Waals surface area contributed by atoms with E-state index in [0.29, 0.717) is 47.3 Å². The Labute approximate surface area is 292 Å². The number of nitrogens with one attached hydrogen (secondary N) is 5. The van der Waals surface area contributed by atoms with Gasteiger partial charge >= 0.3 is 0 Å². The Bertz CT molecular complexity index is 1990. The van der Waals surface area contributed by atoms with Crippen molar-refractivity contribution in [2.45, 2.75) is 57.0 Å². The molecule has 0 radical (unpaired) electrons. The summed E-state index contributed by atoms with van der Waals surface area (Å²) in [6, 6.07) is 8.19. The number of nitrogens with zero attached hydrogens (tertiary/aromatic N) is 3. The number of anilines is 3. The number of halogens is 2. The van der Waals surface area contributed by atoms with Gasteiger partial charge in [0.05, 0.1) is 29.0 Å². The molecule has 1 saturated carbocycles. The predicted octanol–water partition coefficient (Wildman–Crippen LogP) is 5.38. The van der Waals surface area contributed by atoms with Gasteiger partial charge in [-0.05, 0) is 56.0 Å². The van der Waals surface area contributed by atoms with E-state index in [4.69, 9.17) is 23.1 Å². The number of primary amides is 2. The number of aromatic amines is 2. The Balaban J connectivity index is 0.000000194. The molecule has 9 N–H and O–H groups in total. The summed E-state index contributed by atoms with van der Waals surface area (Å²) in [6.07, 6.45) is 14.3. The summed E-state index contributed by atoms with van der Waals surface area (Å²) in [4.78, 5) is 52.4. The number of piperidine rings is 1. The zero-order valence-electron chi connectivity index (χ0n) is 27.4. The van der Waals surface area contributed by atoms with Crippen molar-refractivity contribution in [1.82, 2.24) is 24.8 Å². The van der Waals surface area contributed by atoms with Crippen molar-refractivity contribution in [1.29, 1.82) is 0 Å². The lowest BCUT2D eigenvalue weighted by Gasteiger charge is -2.34. The molecule has 2 fully saturated rings. The Kier molecular flexibility index (Phi) is 10.7. The van der Waals surface area contributed by atoms with Gasteiger partial charge in [-0.2, -0.15) is 0 Å². The maximum absolute atomic E-state index is 13.5. The second kappa shape index (κ2) is 15.5. The van der Waals surface area contributed by atoms with Crippen LogP contribution >= 0.6 is 11.6 Å². The van der Waals surface area contributed by atoms with E-state index < -0.39 is 17.6 Å². The van der Waals surface area contributed by atoms with Crippen LogP contribution in [0.25, 0.3) is 22.1 Å². The molecule has 1 unspecified atom stereocenters. The molecule has 0 spiro atoms. The Morgan fingerprint density at radius 1 is 0.840 bits per heavy atom. The van der Waals surface area contributed by atoms with E-state index in [2.05, 4.69) is 35.9 Å². The zero-order valence-corrected chi connectivity index (χ0v) is 28.2. The third-order valence-corrected chi connectivity index (χ3v) is 9.30. The van der Waals surface area contributed by atoms with Gasteiger partial charge in [0.1, 0.15) is 17.1 Å². The number of nitrogens with two attached hydrogens (primary N) is 2. The van der Waals surface area contributed by atoms with Crippen LogP contribution in [0.4, 0.5) is 21.5 Å². The molecule has 262 valence electrons. The number of fused-ring (bicyclic) bond motifs is 2. The SMILES string of the molecule is NC(=O)c1cnc2[nH]ccc2c1NC1CCCCC1.NC(=O)c1cnc2[nH]ccc2c1NC1CCCN(C(=O)CNc2cc(F)cc(Cl)c2)C1. The largest absolute Gasteiger partial charge is 0.381 e. The third kappa shape index (κ3) is 8.08. The number of carbonyl (C=O) groups excluding carboxylic acids is 3. The van der Waals surface area contributed by atoms with Gasteiger partial charge in [0.15, 0.2) is 0 Å². The van der Waals surface area contributed by atoms with Crippen LogP contribution in [0.2, 0.25) is 5.02 Å². The second-order valence-corrected chi connectivity index (χ2v) is 13.1. The molecular weight excluding hydrogens is 663 g/mol. The minimum absolute atomic E-state index is 0.0242. The quantitative estimate of drug-likeness (QED) is 0.106. The van der Waals surface area contributed by atoms with Crippen LogP contribution in [0.1, 0.15) is 65.7 Å². The van der Waals surface area contributed by atoms with Crippen molar-refractivity contribution >= 4 is 68.5 Å². The lowest BCUT2D eigenvalue weighted by atomic mass is 9.95. The van der Waals surface area contributed by atoms with Crippen LogP contribution in [0.5, 0.6) is 0 Å². The smallest absolute Gasteiger partial charge is 0.252 e. The molecule has 3 amide bonds. The first kappa shape index (κ1) is 34.5. The minimum atomic E-state index is -0.570. The topological polar surface area (TPSA) is 200 Å². The average molecular weight is 703 g/mol. The Morgan fingerprint density at radius 3 is 2.00 bits per heavy atom. The van der Waals surface area contributed by atoms with Crippen LogP contribution < -0.4 is 27.4 Å². The van der Waals surface area contributed by atoms with Crippen molar-refractivity contribution in [2.75, 3.05) is 35.6 Å². The number of aromatic nitrogens is 4. The number of likely N-dealkylation sites (tertiary alicyclic amines) is 1. The lowest BCUT2D eigenvalue weighted by molar-refractivity contribution is -0.130. The van der Waals surface area contributed by atoms with Gasteiger partial charge in [-0.3, -0.25) is 14.4 Å². The molecule has 1 atom stereocenters. The van der Waals surface area contributed by atoms with E-state index >= 15 is 0 Å². The van der Waals surface area contributed by atoms with Crippen molar-refractivity contribution in [2.24, 2.45) is 11.5 Å². The average Bonchev–Trinajstić information content (AvgIpc) is 3.78. The number of hydrogen-bond donors (Lipinski definition) is 7. The van der Waals surface area contributed by atoms with Crippen LogP contribution in [0.15, 0.2) is 55.1 Å². The van der Waals surface area contributed by atoms with E-state index in [-0.39, 0.29) is 23.5 Å². The number of benzene rings is 1. The van der Waals surface area contributed by atoms with Crippen LogP contribution in [0, 0.1) is 5.82 Å². The molecule has 4 aromatic heterocycles. The molecule has 7 rings (SSSR count). The van der Waals surface area contributed by atoms with E-state index in [1.54, 1.807) is 23.4 Å². The van der Waals surface area contributed by atoms with Crippen molar-refractivity contribution in [3.63, 3.8) is 0 Å². The molecule has 1 aliphatic carbocycles. The number of carbonyl (C=O) groups is 3. The molecule has 1 aliphatic heterocycles. The van der Waals surface area contributed by atoms with E-state index in [1.807, 2.05) is 18.3 Å². The van der Waals surface area contributed by atoms with Crippen LogP contribution in [0.3, 0.4) is 0 Å². The van der Waals surface area contributed by atoms with Crippen LogP contribution in [-0.2, 0) is 4.79 Å². The summed E-state index contributed by atoms with van der Waals surface area (Å²) in [5.74, 6) is -1.58. The van der Waals surface area contributed by atoms with Crippen molar-refractivity contribution in [3.05, 3.63) is 77.1 Å². The molecule has 1 saturated heterocycles. The van der Waals surface area contributed by atoms with Gasteiger partial charge in [0.2, 0.25) is 5.91 Å². The summed E-state index contributed by atoms with van der Waals surface area (Å²) in [6.45, 7) is 1.12. The molecular formula is C35H40ClFN10O3. The lowest BCUT2D eigenvalue weighted by Crippen LogP contribution is -2.47. The van der Waals surface area contributed by atoms with Crippen molar-refractivity contribution in [3.8, 4) is 0 Å². The number of amides is 3. The summed E-state index contributed by atoms with van der Waals surface area (Å²) < 4.78 is 13.5. The molecule has 5 heterocycles. The van der Waals surface area contributed by atoms with Gasteiger partial charge in [0, 0.05) is 71.4 Å². The molecule has 0 bridgehead atoms. The van der Waals surface area contributed by atoms with Gasteiger partial charge in [-0.15, -0.1) is 0 Å². The van der Waals surface area contributed by atoms with Crippen molar-refractivity contribution < 1.29 is 18.8 Å². The van der Waals surface area contributed by atoms with E-state index in [9.17, 15) is 18.8 Å². The fourth-order valence-electron chi connectivity index (χ4n) is 6.62.